The first-order chi connectivity index (χ1) is 27.6. The van der Waals surface area contributed by atoms with Crippen LogP contribution in [0.15, 0.2) is 200 Å². The number of benzene rings is 10. The van der Waals surface area contributed by atoms with Crippen molar-refractivity contribution in [2.75, 3.05) is 4.90 Å². The van der Waals surface area contributed by atoms with Crippen LogP contribution < -0.4 is 4.90 Å². The van der Waals surface area contributed by atoms with Crippen molar-refractivity contribution in [3.63, 3.8) is 0 Å². The second-order valence-corrected chi connectivity index (χ2v) is 15.7. The van der Waals surface area contributed by atoms with Gasteiger partial charge < -0.3 is 4.90 Å². The lowest BCUT2D eigenvalue weighted by molar-refractivity contribution is 0.666. The molecule has 1 aliphatic rings. The molecule has 0 saturated heterocycles. The van der Waals surface area contributed by atoms with Crippen molar-refractivity contribution in [2.24, 2.45) is 0 Å². The van der Waals surface area contributed by atoms with Gasteiger partial charge >= 0.3 is 0 Å². The van der Waals surface area contributed by atoms with E-state index in [1.165, 1.54) is 93.3 Å². The molecule has 0 aliphatic heterocycles. The van der Waals surface area contributed by atoms with E-state index < -0.39 is 0 Å². The zero-order valence-electron chi connectivity index (χ0n) is 31.5. The topological polar surface area (TPSA) is 3.24 Å². The summed E-state index contributed by atoms with van der Waals surface area (Å²) in [6, 6.07) is 73.8. The quantitative estimate of drug-likeness (QED) is 0.161. The van der Waals surface area contributed by atoms with Gasteiger partial charge in [-0.3, -0.25) is 0 Å². The molecular formula is C55H39N. The van der Waals surface area contributed by atoms with Crippen molar-refractivity contribution in [2.45, 2.75) is 19.3 Å². The number of rotatable bonds is 5. The number of hydrogen-bond acceptors (Lipinski definition) is 1. The van der Waals surface area contributed by atoms with Gasteiger partial charge in [-0.25, -0.2) is 0 Å². The van der Waals surface area contributed by atoms with Crippen LogP contribution in [0.3, 0.4) is 0 Å². The van der Waals surface area contributed by atoms with Gasteiger partial charge in [0.2, 0.25) is 0 Å². The maximum absolute atomic E-state index is 2.51. The predicted octanol–water partition coefficient (Wildman–Crippen LogP) is 15.4. The monoisotopic (exact) mass is 713 g/mol. The van der Waals surface area contributed by atoms with E-state index in [-0.39, 0.29) is 5.41 Å². The first-order valence-corrected chi connectivity index (χ1v) is 19.6. The lowest BCUT2D eigenvalue weighted by atomic mass is 9.80. The summed E-state index contributed by atoms with van der Waals surface area (Å²) in [5, 5.41) is 10.3. The molecule has 0 saturated carbocycles. The van der Waals surface area contributed by atoms with Crippen LogP contribution in [0.5, 0.6) is 0 Å². The molecule has 1 nitrogen and oxygen atoms in total. The Hall–Kier alpha value is -6.96. The van der Waals surface area contributed by atoms with E-state index in [9.17, 15) is 0 Å². The first-order valence-electron chi connectivity index (χ1n) is 19.6. The number of anilines is 3. The van der Waals surface area contributed by atoms with Crippen molar-refractivity contribution >= 4 is 60.2 Å². The predicted molar refractivity (Wildman–Crippen MR) is 240 cm³/mol. The van der Waals surface area contributed by atoms with Crippen LogP contribution >= 0.6 is 0 Å². The Morgan fingerprint density at radius 2 is 0.893 bits per heavy atom. The molecule has 0 radical (unpaired) electrons. The molecule has 56 heavy (non-hydrogen) atoms. The minimum atomic E-state index is -0.165. The Labute approximate surface area is 327 Å². The molecule has 0 unspecified atom stereocenters. The van der Waals surface area contributed by atoms with E-state index in [1.807, 2.05) is 0 Å². The van der Waals surface area contributed by atoms with Crippen molar-refractivity contribution in [1.82, 2.24) is 0 Å². The van der Waals surface area contributed by atoms with Gasteiger partial charge in [-0.1, -0.05) is 184 Å². The Morgan fingerprint density at radius 3 is 1.61 bits per heavy atom. The van der Waals surface area contributed by atoms with Gasteiger partial charge in [0.25, 0.3) is 0 Å². The third-order valence-electron chi connectivity index (χ3n) is 12.2. The standard InChI is InChI=1S/C55H39N/c1-55(2)50-26-14-12-25-48(50)53-52(35-39-18-6-7-20-42(39)54(53)55)56(51-27-15-13-19-41(51)37-16-4-3-5-17-37)40-31-28-36(29-32-40)38-30-33-47-45-23-9-8-21-43(45)44-22-10-11-24-46(44)49(47)34-38/h3-35H,1-2H3. The molecule has 0 fully saturated rings. The zero-order valence-corrected chi connectivity index (χ0v) is 31.5. The fourth-order valence-corrected chi connectivity index (χ4v) is 9.64. The zero-order chi connectivity index (χ0) is 37.4. The summed E-state index contributed by atoms with van der Waals surface area (Å²) in [6.07, 6.45) is 0. The number of fused-ring (bicyclic) bond motifs is 11. The van der Waals surface area contributed by atoms with Crippen LogP contribution in [0.25, 0.3) is 76.5 Å². The number of hydrogen-bond donors (Lipinski definition) is 0. The molecule has 0 amide bonds. The molecular weight excluding hydrogens is 675 g/mol. The summed E-state index contributed by atoms with van der Waals surface area (Å²) < 4.78 is 0. The summed E-state index contributed by atoms with van der Waals surface area (Å²) in [5.74, 6) is 0. The summed E-state index contributed by atoms with van der Waals surface area (Å²) in [5.41, 5.74) is 13.5. The van der Waals surface area contributed by atoms with Gasteiger partial charge in [0.15, 0.2) is 0 Å². The van der Waals surface area contributed by atoms with E-state index in [4.69, 9.17) is 0 Å². The van der Waals surface area contributed by atoms with Gasteiger partial charge in [0.05, 0.1) is 11.4 Å². The van der Waals surface area contributed by atoms with Crippen molar-refractivity contribution in [3.8, 4) is 33.4 Å². The molecule has 10 aromatic rings. The molecule has 0 atom stereocenters. The average Bonchev–Trinajstić information content (AvgIpc) is 3.51. The van der Waals surface area contributed by atoms with Crippen LogP contribution in [0.2, 0.25) is 0 Å². The molecule has 0 heterocycles. The van der Waals surface area contributed by atoms with E-state index >= 15 is 0 Å². The molecule has 264 valence electrons. The van der Waals surface area contributed by atoms with E-state index in [2.05, 4.69) is 219 Å². The maximum Gasteiger partial charge on any atom is 0.0549 e. The van der Waals surface area contributed by atoms with Gasteiger partial charge in [-0.2, -0.15) is 0 Å². The van der Waals surface area contributed by atoms with Gasteiger partial charge in [0, 0.05) is 22.2 Å². The Morgan fingerprint density at radius 1 is 0.357 bits per heavy atom. The molecule has 0 spiro atoms. The molecule has 0 aromatic heterocycles. The van der Waals surface area contributed by atoms with Gasteiger partial charge in [-0.05, 0) is 107 Å². The van der Waals surface area contributed by atoms with Crippen molar-refractivity contribution < 1.29 is 0 Å². The van der Waals surface area contributed by atoms with Crippen LogP contribution in [-0.2, 0) is 5.41 Å². The smallest absolute Gasteiger partial charge is 0.0549 e. The Bertz CT molecular complexity index is 3120. The minimum absolute atomic E-state index is 0.165. The van der Waals surface area contributed by atoms with Crippen LogP contribution in [-0.4, -0.2) is 0 Å². The van der Waals surface area contributed by atoms with Crippen LogP contribution in [0, 0.1) is 0 Å². The summed E-state index contributed by atoms with van der Waals surface area (Å²) >= 11 is 0. The lowest BCUT2D eigenvalue weighted by Gasteiger charge is -2.31. The Balaban J connectivity index is 1.14. The van der Waals surface area contributed by atoms with Crippen molar-refractivity contribution in [1.29, 1.82) is 0 Å². The third kappa shape index (κ3) is 4.87. The molecule has 0 bridgehead atoms. The highest BCUT2D eigenvalue weighted by molar-refractivity contribution is 6.25. The third-order valence-corrected chi connectivity index (χ3v) is 12.2. The number of nitrogens with zero attached hydrogens (tertiary/aromatic N) is 1. The average molecular weight is 714 g/mol. The van der Waals surface area contributed by atoms with Crippen molar-refractivity contribution in [3.05, 3.63) is 211 Å². The van der Waals surface area contributed by atoms with Gasteiger partial charge in [0.1, 0.15) is 0 Å². The number of para-hydroxylation sites is 1. The van der Waals surface area contributed by atoms with Crippen LogP contribution in [0.4, 0.5) is 17.1 Å². The Kier molecular flexibility index (Phi) is 7.28. The normalized spacial score (nSPS) is 13.0. The first kappa shape index (κ1) is 32.5. The summed E-state index contributed by atoms with van der Waals surface area (Å²) in [6.45, 7) is 4.78. The molecule has 1 aliphatic carbocycles. The second-order valence-electron chi connectivity index (χ2n) is 15.7. The van der Waals surface area contributed by atoms with E-state index in [1.54, 1.807) is 0 Å². The minimum Gasteiger partial charge on any atom is -0.309 e. The largest absolute Gasteiger partial charge is 0.309 e. The second kappa shape index (κ2) is 12.5. The summed E-state index contributed by atoms with van der Waals surface area (Å²) in [4.78, 5) is 2.51. The van der Waals surface area contributed by atoms with Gasteiger partial charge in [-0.15, -0.1) is 0 Å². The lowest BCUT2D eigenvalue weighted by Crippen LogP contribution is -2.17. The van der Waals surface area contributed by atoms with E-state index in [0.29, 0.717) is 0 Å². The molecule has 0 N–H and O–H groups in total. The fraction of sp³-hybridized carbons (Fsp3) is 0.0545. The van der Waals surface area contributed by atoms with E-state index in [0.717, 1.165) is 11.4 Å². The highest BCUT2D eigenvalue weighted by Crippen LogP contribution is 2.57. The fourth-order valence-electron chi connectivity index (χ4n) is 9.64. The highest BCUT2D eigenvalue weighted by atomic mass is 15.1. The van der Waals surface area contributed by atoms with Crippen LogP contribution in [0.1, 0.15) is 25.0 Å². The molecule has 10 aromatic carbocycles. The molecule has 1 heteroatoms. The molecule has 11 rings (SSSR count). The SMILES string of the molecule is CC1(C)c2ccccc2-c2c(N(c3ccc(-c4ccc5c6ccccc6c6ccccc6c5c4)cc3)c3ccccc3-c3ccccc3)cc3ccccc3c21. The summed E-state index contributed by atoms with van der Waals surface area (Å²) in [7, 11) is 0. The highest BCUT2D eigenvalue weighted by Gasteiger charge is 2.39. The maximum atomic E-state index is 2.51.